The minimum absolute atomic E-state index is 0.0312. The number of urea groups is 1. The van der Waals surface area contributed by atoms with Crippen molar-refractivity contribution in [2.75, 3.05) is 31.1 Å². The van der Waals surface area contributed by atoms with Crippen molar-refractivity contribution in [2.45, 2.75) is 25.4 Å². The monoisotopic (exact) mass is 353 g/mol. The zero-order valence-electron chi connectivity index (χ0n) is 14.7. The zero-order chi connectivity index (χ0) is 17.8. The summed E-state index contributed by atoms with van der Waals surface area (Å²) in [5.41, 5.74) is 1.05. The minimum Gasteiger partial charge on any atom is -0.491 e. The second-order valence-corrected chi connectivity index (χ2v) is 6.68. The van der Waals surface area contributed by atoms with Gasteiger partial charge in [-0.3, -0.25) is 4.98 Å². The highest BCUT2D eigenvalue weighted by Gasteiger charge is 2.25. The van der Waals surface area contributed by atoms with Crippen LogP contribution >= 0.6 is 0 Å². The molecule has 0 aliphatic carbocycles. The molecule has 0 spiro atoms. The molecule has 26 heavy (non-hydrogen) atoms. The van der Waals surface area contributed by atoms with Gasteiger partial charge in [0, 0.05) is 37.1 Å². The maximum Gasteiger partial charge on any atom is 0.318 e. The smallest absolute Gasteiger partial charge is 0.318 e. The SMILES string of the molecule is O=C(N[C@H]1CCCN(c2cnccn2)C1)N1CCOc2ccccc2C1. The van der Waals surface area contributed by atoms with Gasteiger partial charge in [-0.25, -0.2) is 9.78 Å². The van der Waals surface area contributed by atoms with Crippen molar-refractivity contribution in [3.8, 4) is 5.75 Å². The van der Waals surface area contributed by atoms with Crippen LogP contribution in [0.5, 0.6) is 5.75 Å². The second kappa shape index (κ2) is 7.59. The van der Waals surface area contributed by atoms with Crippen LogP contribution in [0.25, 0.3) is 0 Å². The molecule has 1 fully saturated rings. The number of carbonyl (C=O) groups is 1. The molecule has 1 aromatic heterocycles. The molecule has 1 aromatic carbocycles. The molecule has 0 unspecified atom stereocenters. The Morgan fingerprint density at radius 1 is 1.23 bits per heavy atom. The minimum atomic E-state index is -0.0312. The molecule has 0 bridgehead atoms. The molecule has 7 nitrogen and oxygen atoms in total. The van der Waals surface area contributed by atoms with E-state index in [2.05, 4.69) is 20.2 Å². The van der Waals surface area contributed by atoms with Crippen molar-refractivity contribution < 1.29 is 9.53 Å². The van der Waals surface area contributed by atoms with Crippen molar-refractivity contribution in [1.82, 2.24) is 20.2 Å². The van der Waals surface area contributed by atoms with E-state index in [-0.39, 0.29) is 12.1 Å². The van der Waals surface area contributed by atoms with Crippen LogP contribution < -0.4 is 15.0 Å². The van der Waals surface area contributed by atoms with Gasteiger partial charge in [0.15, 0.2) is 0 Å². The molecule has 1 atom stereocenters. The highest BCUT2D eigenvalue weighted by Crippen LogP contribution is 2.23. The highest BCUT2D eigenvalue weighted by molar-refractivity contribution is 5.75. The fourth-order valence-corrected chi connectivity index (χ4v) is 3.52. The molecule has 4 rings (SSSR count). The van der Waals surface area contributed by atoms with E-state index in [1.807, 2.05) is 29.2 Å². The second-order valence-electron chi connectivity index (χ2n) is 6.68. The van der Waals surface area contributed by atoms with E-state index in [9.17, 15) is 4.79 Å². The molecule has 1 N–H and O–H groups in total. The average molecular weight is 353 g/mol. The Balaban J connectivity index is 1.38. The lowest BCUT2D eigenvalue weighted by Crippen LogP contribution is -2.52. The Hall–Kier alpha value is -2.83. The Morgan fingerprint density at radius 3 is 3.04 bits per heavy atom. The number of aromatic nitrogens is 2. The summed E-state index contributed by atoms with van der Waals surface area (Å²) in [7, 11) is 0. The lowest BCUT2D eigenvalue weighted by atomic mass is 10.1. The van der Waals surface area contributed by atoms with E-state index in [0.29, 0.717) is 19.7 Å². The van der Waals surface area contributed by atoms with Gasteiger partial charge in [0.25, 0.3) is 0 Å². The van der Waals surface area contributed by atoms with E-state index in [1.165, 1.54) is 0 Å². The van der Waals surface area contributed by atoms with Crippen LogP contribution in [-0.4, -0.2) is 53.2 Å². The van der Waals surface area contributed by atoms with E-state index < -0.39 is 0 Å². The quantitative estimate of drug-likeness (QED) is 0.895. The Bertz CT molecular complexity index is 755. The number of ether oxygens (including phenoxy) is 1. The standard InChI is InChI=1S/C19H23N5O2/c25-19(24-10-11-26-17-6-2-1-4-15(17)13-24)22-16-5-3-9-23(14-16)18-12-20-7-8-21-18/h1-2,4,6-8,12,16H,3,5,9-11,13-14H2,(H,22,25)/t16-/m0/s1. The summed E-state index contributed by atoms with van der Waals surface area (Å²) in [4.78, 5) is 25.3. The molecule has 7 heteroatoms. The Labute approximate surface area is 153 Å². The van der Waals surface area contributed by atoms with E-state index >= 15 is 0 Å². The number of fused-ring (bicyclic) bond motifs is 1. The van der Waals surface area contributed by atoms with Gasteiger partial charge >= 0.3 is 6.03 Å². The third-order valence-electron chi connectivity index (χ3n) is 4.86. The summed E-state index contributed by atoms with van der Waals surface area (Å²) in [5.74, 6) is 1.73. The van der Waals surface area contributed by atoms with Gasteiger partial charge in [0.1, 0.15) is 18.2 Å². The summed E-state index contributed by atoms with van der Waals surface area (Å²) in [5, 5.41) is 3.19. The van der Waals surface area contributed by atoms with Gasteiger partial charge in [-0.15, -0.1) is 0 Å². The Morgan fingerprint density at radius 2 is 2.15 bits per heavy atom. The molecule has 0 radical (unpaired) electrons. The maximum absolute atomic E-state index is 12.8. The number of rotatable bonds is 2. The number of para-hydroxylation sites is 1. The largest absolute Gasteiger partial charge is 0.491 e. The highest BCUT2D eigenvalue weighted by atomic mass is 16.5. The number of amides is 2. The van der Waals surface area contributed by atoms with Gasteiger partial charge in [-0.1, -0.05) is 18.2 Å². The first-order chi connectivity index (χ1) is 12.8. The summed E-state index contributed by atoms with van der Waals surface area (Å²) in [6, 6.07) is 7.98. The third-order valence-corrected chi connectivity index (χ3v) is 4.86. The first-order valence-corrected chi connectivity index (χ1v) is 9.07. The van der Waals surface area contributed by atoms with Crippen LogP contribution in [-0.2, 0) is 6.54 Å². The van der Waals surface area contributed by atoms with Crippen molar-refractivity contribution in [3.63, 3.8) is 0 Å². The zero-order valence-corrected chi connectivity index (χ0v) is 14.7. The van der Waals surface area contributed by atoms with Gasteiger partial charge in [0.05, 0.1) is 19.3 Å². The molecular formula is C19H23N5O2. The number of nitrogens with one attached hydrogen (secondary N) is 1. The molecule has 2 amide bonds. The first kappa shape index (κ1) is 16.6. The third kappa shape index (κ3) is 3.71. The number of anilines is 1. The molecule has 136 valence electrons. The molecule has 0 saturated carbocycles. The number of carbonyl (C=O) groups excluding carboxylic acids is 1. The first-order valence-electron chi connectivity index (χ1n) is 9.07. The fraction of sp³-hybridized carbons (Fsp3) is 0.421. The van der Waals surface area contributed by atoms with Crippen LogP contribution in [0.2, 0.25) is 0 Å². The van der Waals surface area contributed by atoms with Crippen LogP contribution in [0.15, 0.2) is 42.9 Å². The molecule has 2 aromatic rings. The van der Waals surface area contributed by atoms with Gasteiger partial charge < -0.3 is 19.9 Å². The molecule has 2 aliphatic heterocycles. The van der Waals surface area contributed by atoms with Crippen LogP contribution in [0.3, 0.4) is 0 Å². The van der Waals surface area contributed by atoms with E-state index in [0.717, 1.165) is 43.1 Å². The van der Waals surface area contributed by atoms with Crippen LogP contribution in [0.1, 0.15) is 18.4 Å². The lowest BCUT2D eigenvalue weighted by molar-refractivity contribution is 0.182. The van der Waals surface area contributed by atoms with Crippen LogP contribution in [0.4, 0.5) is 10.6 Å². The van der Waals surface area contributed by atoms with Gasteiger partial charge in [-0.05, 0) is 18.9 Å². The van der Waals surface area contributed by atoms with Crippen molar-refractivity contribution in [3.05, 3.63) is 48.4 Å². The predicted octanol–water partition coefficient (Wildman–Crippen LogP) is 2.05. The molecule has 2 aliphatic rings. The maximum atomic E-state index is 12.8. The Kier molecular flexibility index (Phi) is 4.86. The topological polar surface area (TPSA) is 70.6 Å². The number of hydrogen-bond donors (Lipinski definition) is 1. The van der Waals surface area contributed by atoms with E-state index in [4.69, 9.17) is 4.74 Å². The average Bonchev–Trinajstić information content (AvgIpc) is 2.91. The number of piperidine rings is 1. The van der Waals surface area contributed by atoms with Crippen LogP contribution in [0, 0.1) is 0 Å². The van der Waals surface area contributed by atoms with E-state index in [1.54, 1.807) is 18.6 Å². The molecular weight excluding hydrogens is 330 g/mol. The fourth-order valence-electron chi connectivity index (χ4n) is 3.52. The molecule has 3 heterocycles. The number of hydrogen-bond acceptors (Lipinski definition) is 5. The predicted molar refractivity (Wildman–Crippen MR) is 98.1 cm³/mol. The van der Waals surface area contributed by atoms with Gasteiger partial charge in [-0.2, -0.15) is 0 Å². The van der Waals surface area contributed by atoms with Crippen molar-refractivity contribution >= 4 is 11.8 Å². The van der Waals surface area contributed by atoms with Crippen molar-refractivity contribution in [2.24, 2.45) is 0 Å². The summed E-state index contributed by atoms with van der Waals surface area (Å²) in [6.07, 6.45) is 7.14. The molecule has 1 saturated heterocycles. The summed E-state index contributed by atoms with van der Waals surface area (Å²) >= 11 is 0. The number of nitrogens with zero attached hydrogens (tertiary/aromatic N) is 4. The lowest BCUT2D eigenvalue weighted by Gasteiger charge is -2.34. The normalized spacial score (nSPS) is 19.9. The van der Waals surface area contributed by atoms with Crippen molar-refractivity contribution in [1.29, 1.82) is 0 Å². The van der Waals surface area contributed by atoms with Gasteiger partial charge in [0.2, 0.25) is 0 Å². The summed E-state index contributed by atoms with van der Waals surface area (Å²) in [6.45, 7) is 3.37. The number of benzene rings is 1. The summed E-state index contributed by atoms with van der Waals surface area (Å²) < 4.78 is 5.75.